The van der Waals surface area contributed by atoms with Gasteiger partial charge in [0.15, 0.2) is 5.03 Å². The van der Waals surface area contributed by atoms with E-state index in [4.69, 9.17) is 0 Å². The molecule has 1 aromatic heterocycles. The Morgan fingerprint density at radius 1 is 1.47 bits per heavy atom. The first-order valence-corrected chi connectivity index (χ1v) is 7.17. The molecule has 9 heteroatoms. The Bertz CT molecular complexity index is 621. The molecule has 0 saturated carbocycles. The van der Waals surface area contributed by atoms with Crippen molar-refractivity contribution in [3.8, 4) is 0 Å². The summed E-state index contributed by atoms with van der Waals surface area (Å²) in [7, 11) is -3.95. The van der Waals surface area contributed by atoms with Gasteiger partial charge in [-0.1, -0.05) is 0 Å². The number of amides is 2. The third-order valence-corrected chi connectivity index (χ3v) is 4.72. The smallest absolute Gasteiger partial charge is 0.263 e. The summed E-state index contributed by atoms with van der Waals surface area (Å²) in [6.07, 6.45) is 2.77. The summed E-state index contributed by atoms with van der Waals surface area (Å²) in [4.78, 5) is 26.6. The highest BCUT2D eigenvalue weighted by atomic mass is 32.2. The van der Waals surface area contributed by atoms with Crippen LogP contribution in [0.5, 0.6) is 0 Å². The van der Waals surface area contributed by atoms with Gasteiger partial charge in [0.05, 0.1) is 12.9 Å². The molecule has 1 fully saturated rings. The minimum Gasteiger partial charge on any atom is -0.336 e. The van der Waals surface area contributed by atoms with Gasteiger partial charge < -0.3 is 4.57 Å². The van der Waals surface area contributed by atoms with Crippen LogP contribution < -0.4 is 5.32 Å². The zero-order valence-electron chi connectivity index (χ0n) is 10.5. The average molecular weight is 286 g/mol. The monoisotopic (exact) mass is 286 g/mol. The highest BCUT2D eigenvalue weighted by molar-refractivity contribution is 7.89. The summed E-state index contributed by atoms with van der Waals surface area (Å²) in [5.41, 5.74) is 0. The molecule has 0 radical (unpaired) electrons. The molecule has 8 nitrogen and oxygen atoms in total. The van der Waals surface area contributed by atoms with Crippen LogP contribution in [0.25, 0.3) is 0 Å². The van der Waals surface area contributed by atoms with E-state index in [9.17, 15) is 18.0 Å². The number of carbonyl (C=O) groups is 2. The van der Waals surface area contributed by atoms with E-state index >= 15 is 0 Å². The molecule has 0 aromatic carbocycles. The van der Waals surface area contributed by atoms with Crippen LogP contribution in [0.15, 0.2) is 17.6 Å². The molecule has 0 aliphatic carbocycles. The van der Waals surface area contributed by atoms with Crippen molar-refractivity contribution >= 4 is 21.8 Å². The zero-order valence-corrected chi connectivity index (χ0v) is 11.3. The number of carbonyl (C=O) groups excluding carboxylic acids is 2. The fraction of sp³-hybridized carbons (Fsp3) is 0.500. The topological polar surface area (TPSA) is 101 Å². The number of imidazole rings is 1. The second kappa shape index (κ2) is 4.74. The van der Waals surface area contributed by atoms with Crippen molar-refractivity contribution in [1.29, 1.82) is 0 Å². The van der Waals surface area contributed by atoms with Gasteiger partial charge in [-0.2, -0.15) is 4.31 Å². The molecule has 2 amide bonds. The van der Waals surface area contributed by atoms with E-state index in [1.807, 2.05) is 6.92 Å². The number of rotatable bonds is 3. The molecular weight excluding hydrogens is 272 g/mol. The van der Waals surface area contributed by atoms with Crippen LogP contribution in [0.4, 0.5) is 0 Å². The summed E-state index contributed by atoms with van der Waals surface area (Å²) in [6, 6.07) is -0.936. The molecule has 1 unspecified atom stereocenters. The quantitative estimate of drug-likeness (QED) is 0.714. The molecule has 1 aromatic rings. The maximum Gasteiger partial charge on any atom is 0.263 e. The summed E-state index contributed by atoms with van der Waals surface area (Å²) in [5, 5.41) is 1.93. The SMILES string of the molecule is CCn1cnc(S(=O)(=O)N2CC(=O)NC(=O)C2C)c1. The molecule has 1 aliphatic rings. The van der Waals surface area contributed by atoms with Crippen molar-refractivity contribution in [2.24, 2.45) is 0 Å². The van der Waals surface area contributed by atoms with Crippen molar-refractivity contribution in [2.45, 2.75) is 31.5 Å². The number of nitrogens with zero attached hydrogens (tertiary/aromatic N) is 3. The highest BCUT2D eigenvalue weighted by Gasteiger charge is 2.39. The molecule has 0 spiro atoms. The maximum absolute atomic E-state index is 12.3. The second-order valence-corrected chi connectivity index (χ2v) is 6.02. The fourth-order valence-electron chi connectivity index (χ4n) is 1.75. The van der Waals surface area contributed by atoms with Gasteiger partial charge in [0.25, 0.3) is 10.0 Å². The van der Waals surface area contributed by atoms with Gasteiger partial charge in [-0.3, -0.25) is 14.9 Å². The minimum absolute atomic E-state index is 0.163. The number of sulfonamides is 1. The molecule has 1 atom stereocenters. The van der Waals surface area contributed by atoms with Gasteiger partial charge in [-0.05, 0) is 13.8 Å². The molecule has 1 N–H and O–H groups in total. The van der Waals surface area contributed by atoms with Gasteiger partial charge in [-0.25, -0.2) is 13.4 Å². The van der Waals surface area contributed by atoms with Crippen molar-refractivity contribution in [1.82, 2.24) is 19.2 Å². The normalized spacial score (nSPS) is 21.5. The summed E-state index contributed by atoms with van der Waals surface area (Å²) >= 11 is 0. The van der Waals surface area contributed by atoms with Gasteiger partial charge in [0.2, 0.25) is 11.8 Å². The molecule has 0 bridgehead atoms. The van der Waals surface area contributed by atoms with Gasteiger partial charge >= 0.3 is 0 Å². The van der Waals surface area contributed by atoms with Crippen LogP contribution in [0.3, 0.4) is 0 Å². The molecule has 1 aliphatic heterocycles. The van der Waals surface area contributed by atoms with E-state index in [0.29, 0.717) is 6.54 Å². The predicted molar refractivity (Wildman–Crippen MR) is 64.4 cm³/mol. The van der Waals surface area contributed by atoms with Gasteiger partial charge in [-0.15, -0.1) is 0 Å². The molecule has 19 heavy (non-hydrogen) atoms. The van der Waals surface area contributed by atoms with E-state index < -0.39 is 27.9 Å². The lowest BCUT2D eigenvalue weighted by Crippen LogP contribution is -2.58. The Labute approximate surface area is 110 Å². The van der Waals surface area contributed by atoms with Gasteiger partial charge in [0, 0.05) is 12.7 Å². The zero-order chi connectivity index (χ0) is 14.2. The largest absolute Gasteiger partial charge is 0.336 e. The third-order valence-electron chi connectivity index (χ3n) is 2.92. The van der Waals surface area contributed by atoms with E-state index in [0.717, 1.165) is 4.31 Å². The minimum atomic E-state index is -3.95. The first-order valence-electron chi connectivity index (χ1n) is 5.73. The van der Waals surface area contributed by atoms with Crippen LogP contribution in [0.2, 0.25) is 0 Å². The Hall–Kier alpha value is -1.74. The molecule has 2 rings (SSSR count). The lowest BCUT2D eigenvalue weighted by Gasteiger charge is -2.29. The summed E-state index contributed by atoms with van der Waals surface area (Å²) in [5.74, 6) is -1.27. The molecule has 2 heterocycles. The summed E-state index contributed by atoms with van der Waals surface area (Å²) < 4.78 is 27.1. The number of aromatic nitrogens is 2. The second-order valence-electron chi connectivity index (χ2n) is 4.18. The van der Waals surface area contributed by atoms with E-state index in [1.165, 1.54) is 19.4 Å². The molecular formula is C10H14N4O4S. The first-order chi connectivity index (χ1) is 8.86. The van der Waals surface area contributed by atoms with Crippen molar-refractivity contribution in [2.75, 3.05) is 6.54 Å². The molecule has 104 valence electrons. The maximum atomic E-state index is 12.3. The number of hydrogen-bond donors (Lipinski definition) is 1. The van der Waals surface area contributed by atoms with E-state index in [1.54, 1.807) is 4.57 Å². The number of piperazine rings is 1. The van der Waals surface area contributed by atoms with Crippen LogP contribution in [0.1, 0.15) is 13.8 Å². The molecule has 1 saturated heterocycles. The number of hydrogen-bond acceptors (Lipinski definition) is 5. The van der Waals surface area contributed by atoms with E-state index in [-0.39, 0.29) is 11.6 Å². The Balaban J connectivity index is 2.38. The van der Waals surface area contributed by atoms with Crippen molar-refractivity contribution < 1.29 is 18.0 Å². The Morgan fingerprint density at radius 2 is 2.16 bits per heavy atom. The number of imide groups is 1. The number of nitrogens with one attached hydrogen (secondary N) is 1. The van der Waals surface area contributed by atoms with Crippen LogP contribution >= 0.6 is 0 Å². The van der Waals surface area contributed by atoms with Crippen molar-refractivity contribution in [3.05, 3.63) is 12.5 Å². The summed E-state index contributed by atoms with van der Waals surface area (Å²) in [6.45, 7) is 3.47. The predicted octanol–water partition coefficient (Wildman–Crippen LogP) is -1.06. The standard InChI is InChI=1S/C10H14N4O4S/c1-3-13-5-9(11-6-13)19(17,18)14-4-8(15)12-10(16)7(14)2/h5-7H,3-4H2,1-2H3,(H,12,15,16). The van der Waals surface area contributed by atoms with Crippen LogP contribution in [0, 0.1) is 0 Å². The first kappa shape index (κ1) is 13.7. The van der Waals surface area contributed by atoms with E-state index in [2.05, 4.69) is 10.3 Å². The highest BCUT2D eigenvalue weighted by Crippen LogP contribution is 2.18. The lowest BCUT2D eigenvalue weighted by atomic mass is 10.2. The Kier molecular flexibility index (Phi) is 3.42. The number of aryl methyl sites for hydroxylation is 1. The van der Waals surface area contributed by atoms with Crippen LogP contribution in [-0.4, -0.2) is 46.7 Å². The lowest BCUT2D eigenvalue weighted by molar-refractivity contribution is -0.136. The van der Waals surface area contributed by atoms with Crippen LogP contribution in [-0.2, 0) is 26.2 Å². The fourth-order valence-corrected chi connectivity index (χ4v) is 3.24. The third kappa shape index (κ3) is 2.38. The average Bonchev–Trinajstić information content (AvgIpc) is 2.83. The Morgan fingerprint density at radius 3 is 2.74 bits per heavy atom. The van der Waals surface area contributed by atoms with Gasteiger partial charge in [0.1, 0.15) is 6.04 Å². The van der Waals surface area contributed by atoms with Crippen molar-refractivity contribution in [3.63, 3.8) is 0 Å².